The topological polar surface area (TPSA) is 61.4 Å². The van der Waals surface area contributed by atoms with Crippen LogP contribution in [-0.4, -0.2) is 23.4 Å². The van der Waals surface area contributed by atoms with E-state index in [0.29, 0.717) is 18.7 Å². The molecule has 1 saturated heterocycles. The van der Waals surface area contributed by atoms with E-state index in [9.17, 15) is 9.59 Å². The lowest BCUT2D eigenvalue weighted by molar-refractivity contribution is 0.102. The number of carbonyl (C=O) groups is 2. The molecule has 146 valence electrons. The molecule has 0 spiro atoms. The Labute approximate surface area is 170 Å². The largest absolute Gasteiger partial charge is 0.329 e. The smallest absolute Gasteiger partial charge is 0.318 e. The molecular weight excluding hydrogens is 362 g/mol. The summed E-state index contributed by atoms with van der Waals surface area (Å²) in [5.41, 5.74) is 4.50. The van der Waals surface area contributed by atoms with Gasteiger partial charge >= 0.3 is 6.03 Å². The predicted molar refractivity (Wildman–Crippen MR) is 114 cm³/mol. The first-order chi connectivity index (χ1) is 14.1. The Morgan fingerprint density at radius 3 is 2.41 bits per heavy atom. The zero-order valence-electron chi connectivity index (χ0n) is 16.3. The number of hydrogen-bond donors (Lipinski definition) is 2. The third kappa shape index (κ3) is 4.29. The Morgan fingerprint density at radius 1 is 1.03 bits per heavy atom. The van der Waals surface area contributed by atoms with E-state index in [0.717, 1.165) is 22.4 Å². The van der Waals surface area contributed by atoms with Crippen molar-refractivity contribution in [3.05, 3.63) is 101 Å². The van der Waals surface area contributed by atoms with E-state index in [1.54, 1.807) is 12.1 Å². The number of nitrogens with zero attached hydrogens (tertiary/aromatic N) is 1. The van der Waals surface area contributed by atoms with Crippen LogP contribution in [0.4, 0.5) is 10.5 Å². The van der Waals surface area contributed by atoms with Gasteiger partial charge in [0, 0.05) is 24.3 Å². The van der Waals surface area contributed by atoms with Crippen LogP contribution in [0.15, 0.2) is 78.9 Å². The zero-order valence-corrected chi connectivity index (χ0v) is 16.3. The standard InChI is InChI=1S/C24H23N3O2/c1-17-14-18(12-13-21(17)25-23(28)20-10-6-3-7-11-20)15-27-16-22(26-24(27)29)19-8-4-2-5-9-19/h2-14,22H,15-16H2,1H3,(H,25,28)(H,26,29)/t22-/m1/s1. The van der Waals surface area contributed by atoms with Crippen molar-refractivity contribution in [2.45, 2.75) is 19.5 Å². The van der Waals surface area contributed by atoms with Gasteiger partial charge in [-0.1, -0.05) is 60.7 Å². The second kappa shape index (κ2) is 8.19. The summed E-state index contributed by atoms with van der Waals surface area (Å²) in [5, 5.41) is 5.99. The lowest BCUT2D eigenvalue weighted by Crippen LogP contribution is -2.27. The molecule has 3 amide bonds. The molecule has 0 bridgehead atoms. The molecule has 3 aromatic rings. The monoisotopic (exact) mass is 385 g/mol. The average Bonchev–Trinajstić information content (AvgIpc) is 3.11. The minimum atomic E-state index is -0.133. The van der Waals surface area contributed by atoms with Gasteiger partial charge in [-0.2, -0.15) is 0 Å². The van der Waals surface area contributed by atoms with Crippen molar-refractivity contribution in [1.82, 2.24) is 10.2 Å². The van der Waals surface area contributed by atoms with Gasteiger partial charge in [-0.3, -0.25) is 4.79 Å². The summed E-state index contributed by atoms with van der Waals surface area (Å²) in [6, 6.07) is 25.0. The maximum Gasteiger partial charge on any atom is 0.318 e. The molecule has 29 heavy (non-hydrogen) atoms. The van der Waals surface area contributed by atoms with Gasteiger partial charge in [0.1, 0.15) is 0 Å². The summed E-state index contributed by atoms with van der Waals surface area (Å²) >= 11 is 0. The second-order valence-corrected chi connectivity index (χ2v) is 7.26. The molecule has 0 aromatic heterocycles. The molecule has 2 N–H and O–H groups in total. The highest BCUT2D eigenvalue weighted by molar-refractivity contribution is 6.04. The van der Waals surface area contributed by atoms with E-state index in [1.165, 1.54) is 0 Å². The first-order valence-electron chi connectivity index (χ1n) is 9.66. The van der Waals surface area contributed by atoms with Crippen LogP contribution in [0.3, 0.4) is 0 Å². The van der Waals surface area contributed by atoms with Gasteiger partial charge in [0.05, 0.1) is 6.04 Å². The fourth-order valence-corrected chi connectivity index (χ4v) is 3.57. The second-order valence-electron chi connectivity index (χ2n) is 7.26. The molecule has 0 aliphatic carbocycles. The average molecular weight is 385 g/mol. The van der Waals surface area contributed by atoms with E-state index in [4.69, 9.17) is 0 Å². The van der Waals surface area contributed by atoms with Crippen LogP contribution in [0.25, 0.3) is 0 Å². The Kier molecular flexibility index (Phi) is 5.29. The summed E-state index contributed by atoms with van der Waals surface area (Å²) in [4.78, 5) is 26.6. The first kappa shape index (κ1) is 18.7. The van der Waals surface area contributed by atoms with Crippen molar-refractivity contribution >= 4 is 17.6 Å². The number of rotatable bonds is 5. The summed E-state index contributed by atoms with van der Waals surface area (Å²) in [6.45, 7) is 3.12. The fourth-order valence-electron chi connectivity index (χ4n) is 3.57. The Bertz CT molecular complexity index is 1020. The minimum Gasteiger partial charge on any atom is -0.329 e. The molecule has 0 saturated carbocycles. The van der Waals surface area contributed by atoms with E-state index >= 15 is 0 Å². The molecule has 5 heteroatoms. The first-order valence-corrected chi connectivity index (χ1v) is 9.66. The molecule has 4 rings (SSSR count). The van der Waals surface area contributed by atoms with Gasteiger partial charge in [0.15, 0.2) is 0 Å². The number of carbonyl (C=O) groups excluding carboxylic acids is 2. The molecule has 5 nitrogen and oxygen atoms in total. The summed E-state index contributed by atoms with van der Waals surface area (Å²) < 4.78 is 0. The minimum absolute atomic E-state index is 0.00855. The third-order valence-corrected chi connectivity index (χ3v) is 5.14. The van der Waals surface area contributed by atoms with Gasteiger partial charge in [-0.05, 0) is 41.8 Å². The van der Waals surface area contributed by atoms with E-state index in [2.05, 4.69) is 10.6 Å². The van der Waals surface area contributed by atoms with Crippen LogP contribution in [0.2, 0.25) is 0 Å². The molecule has 1 atom stereocenters. The van der Waals surface area contributed by atoms with Crippen molar-refractivity contribution in [3.63, 3.8) is 0 Å². The van der Waals surface area contributed by atoms with Crippen LogP contribution in [0.1, 0.15) is 33.1 Å². The van der Waals surface area contributed by atoms with Crippen molar-refractivity contribution in [2.75, 3.05) is 11.9 Å². The van der Waals surface area contributed by atoms with Crippen LogP contribution in [0.5, 0.6) is 0 Å². The summed E-state index contributed by atoms with van der Waals surface area (Å²) in [7, 11) is 0. The van der Waals surface area contributed by atoms with Crippen LogP contribution in [0, 0.1) is 6.92 Å². The van der Waals surface area contributed by atoms with Gasteiger partial charge in [0.25, 0.3) is 5.91 Å². The van der Waals surface area contributed by atoms with Gasteiger partial charge in [-0.25, -0.2) is 4.79 Å². The maximum absolute atomic E-state index is 12.4. The van der Waals surface area contributed by atoms with E-state index in [1.807, 2.05) is 78.6 Å². The lowest BCUT2D eigenvalue weighted by atomic mass is 10.1. The number of anilines is 1. The Balaban J connectivity index is 1.42. The highest BCUT2D eigenvalue weighted by atomic mass is 16.2. The van der Waals surface area contributed by atoms with Crippen molar-refractivity contribution in [1.29, 1.82) is 0 Å². The number of nitrogens with one attached hydrogen (secondary N) is 2. The number of hydrogen-bond acceptors (Lipinski definition) is 2. The van der Waals surface area contributed by atoms with Crippen LogP contribution >= 0.6 is 0 Å². The third-order valence-electron chi connectivity index (χ3n) is 5.14. The number of benzene rings is 3. The number of urea groups is 1. The molecule has 1 aliphatic heterocycles. The van der Waals surface area contributed by atoms with Crippen LogP contribution in [-0.2, 0) is 6.54 Å². The van der Waals surface area contributed by atoms with Gasteiger partial charge in [0.2, 0.25) is 0 Å². The molecular formula is C24H23N3O2. The summed E-state index contributed by atoms with van der Waals surface area (Å²) in [6.07, 6.45) is 0. The highest BCUT2D eigenvalue weighted by Crippen LogP contribution is 2.23. The zero-order chi connectivity index (χ0) is 20.2. The predicted octanol–water partition coefficient (Wildman–Crippen LogP) is 4.51. The van der Waals surface area contributed by atoms with E-state index in [-0.39, 0.29) is 18.0 Å². The van der Waals surface area contributed by atoms with Gasteiger partial charge < -0.3 is 15.5 Å². The van der Waals surface area contributed by atoms with Crippen molar-refractivity contribution < 1.29 is 9.59 Å². The summed E-state index contributed by atoms with van der Waals surface area (Å²) in [5.74, 6) is -0.133. The highest BCUT2D eigenvalue weighted by Gasteiger charge is 2.29. The Morgan fingerprint density at radius 2 is 1.72 bits per heavy atom. The SMILES string of the molecule is Cc1cc(CN2C[C@H](c3ccccc3)NC2=O)ccc1NC(=O)c1ccccc1. The quantitative estimate of drug-likeness (QED) is 0.679. The molecule has 1 fully saturated rings. The van der Waals surface area contributed by atoms with E-state index < -0.39 is 0 Å². The maximum atomic E-state index is 12.4. The molecule has 0 unspecified atom stereocenters. The molecule has 0 radical (unpaired) electrons. The molecule has 3 aromatic carbocycles. The van der Waals surface area contributed by atoms with Gasteiger partial charge in [-0.15, -0.1) is 0 Å². The normalized spacial score (nSPS) is 15.8. The number of amides is 3. The molecule has 1 aliphatic rings. The van der Waals surface area contributed by atoms with Crippen molar-refractivity contribution in [3.8, 4) is 0 Å². The number of aryl methyl sites for hydroxylation is 1. The fraction of sp³-hybridized carbons (Fsp3) is 0.167. The van der Waals surface area contributed by atoms with Crippen molar-refractivity contribution in [2.24, 2.45) is 0 Å². The van der Waals surface area contributed by atoms with Crippen LogP contribution < -0.4 is 10.6 Å². The lowest BCUT2D eigenvalue weighted by Gasteiger charge is -2.16. The Hall–Kier alpha value is -3.60. The molecule has 1 heterocycles.